The van der Waals surface area contributed by atoms with Crippen molar-refractivity contribution in [2.24, 2.45) is 5.92 Å². The number of fused-ring (bicyclic) bond motifs is 1. The molecule has 0 aromatic rings. The average Bonchev–Trinajstić information content (AvgIpc) is 3.22. The first kappa shape index (κ1) is 12.2. The standard InChI is InChI=1S/C15H23NO2/c1-11(12-6-7-12)10-15(17)16-8-9-18-14-5-3-2-4-13(14)16/h10,12-14H,2-9H2,1H3. The third kappa shape index (κ3) is 2.46. The molecule has 0 radical (unpaired) electrons. The van der Waals surface area contributed by atoms with Crippen LogP contribution < -0.4 is 0 Å². The van der Waals surface area contributed by atoms with Crippen LogP contribution in [-0.4, -0.2) is 36.1 Å². The molecule has 3 aliphatic rings. The number of morpholine rings is 1. The quantitative estimate of drug-likeness (QED) is 0.704. The van der Waals surface area contributed by atoms with E-state index in [2.05, 4.69) is 11.8 Å². The van der Waals surface area contributed by atoms with Gasteiger partial charge in [-0.3, -0.25) is 4.79 Å². The van der Waals surface area contributed by atoms with Gasteiger partial charge < -0.3 is 9.64 Å². The van der Waals surface area contributed by atoms with Crippen molar-refractivity contribution in [1.29, 1.82) is 0 Å². The van der Waals surface area contributed by atoms with E-state index in [4.69, 9.17) is 4.74 Å². The number of rotatable bonds is 2. The molecule has 2 atom stereocenters. The highest BCUT2D eigenvalue weighted by atomic mass is 16.5. The summed E-state index contributed by atoms with van der Waals surface area (Å²) in [6, 6.07) is 0.336. The smallest absolute Gasteiger partial charge is 0.246 e. The molecule has 2 aliphatic carbocycles. The molecule has 2 unspecified atom stereocenters. The molecule has 2 saturated carbocycles. The van der Waals surface area contributed by atoms with Gasteiger partial charge in [-0.15, -0.1) is 0 Å². The van der Waals surface area contributed by atoms with Crippen LogP contribution in [0.1, 0.15) is 45.4 Å². The molecule has 18 heavy (non-hydrogen) atoms. The number of allylic oxidation sites excluding steroid dienone is 1. The van der Waals surface area contributed by atoms with Crippen molar-refractivity contribution in [2.75, 3.05) is 13.2 Å². The van der Waals surface area contributed by atoms with Crippen LogP contribution in [0.2, 0.25) is 0 Å². The minimum absolute atomic E-state index is 0.222. The fourth-order valence-corrected chi connectivity index (χ4v) is 3.30. The van der Waals surface area contributed by atoms with Gasteiger partial charge in [0.15, 0.2) is 0 Å². The Morgan fingerprint density at radius 2 is 2.00 bits per heavy atom. The van der Waals surface area contributed by atoms with Crippen molar-refractivity contribution in [3.63, 3.8) is 0 Å². The van der Waals surface area contributed by atoms with Crippen LogP contribution in [0.25, 0.3) is 0 Å². The van der Waals surface area contributed by atoms with Gasteiger partial charge in [0.1, 0.15) is 0 Å². The van der Waals surface area contributed by atoms with Gasteiger partial charge in [-0.1, -0.05) is 18.4 Å². The second-order valence-electron chi connectivity index (χ2n) is 5.96. The normalized spacial score (nSPS) is 33.2. The zero-order valence-corrected chi connectivity index (χ0v) is 11.2. The second-order valence-corrected chi connectivity index (χ2v) is 5.96. The van der Waals surface area contributed by atoms with Gasteiger partial charge in [-0.05, 0) is 38.5 Å². The van der Waals surface area contributed by atoms with Crippen molar-refractivity contribution in [1.82, 2.24) is 4.90 Å². The Hall–Kier alpha value is -0.830. The lowest BCUT2D eigenvalue weighted by molar-refractivity contribution is -0.144. The summed E-state index contributed by atoms with van der Waals surface area (Å²) in [7, 11) is 0. The Bertz CT molecular complexity index is 358. The van der Waals surface area contributed by atoms with Gasteiger partial charge in [0.2, 0.25) is 5.91 Å². The first-order chi connectivity index (χ1) is 8.75. The van der Waals surface area contributed by atoms with Crippen LogP contribution in [0.15, 0.2) is 11.6 Å². The Morgan fingerprint density at radius 1 is 1.22 bits per heavy atom. The monoisotopic (exact) mass is 249 g/mol. The number of amides is 1. The van der Waals surface area contributed by atoms with Crippen molar-refractivity contribution in [3.05, 3.63) is 11.6 Å². The van der Waals surface area contributed by atoms with E-state index >= 15 is 0 Å². The molecule has 100 valence electrons. The lowest BCUT2D eigenvalue weighted by Crippen LogP contribution is -2.54. The maximum absolute atomic E-state index is 12.4. The molecule has 1 saturated heterocycles. The zero-order chi connectivity index (χ0) is 12.5. The van der Waals surface area contributed by atoms with Gasteiger partial charge in [0, 0.05) is 12.6 Å². The first-order valence-corrected chi connectivity index (χ1v) is 7.36. The first-order valence-electron chi connectivity index (χ1n) is 7.36. The van der Waals surface area contributed by atoms with E-state index in [1.165, 1.54) is 31.3 Å². The average molecular weight is 249 g/mol. The Morgan fingerprint density at radius 3 is 2.78 bits per heavy atom. The number of nitrogens with zero attached hydrogens (tertiary/aromatic N) is 1. The third-order valence-electron chi connectivity index (χ3n) is 4.59. The molecule has 0 spiro atoms. The van der Waals surface area contributed by atoms with Crippen LogP contribution in [-0.2, 0) is 9.53 Å². The number of hydrogen-bond donors (Lipinski definition) is 0. The van der Waals surface area contributed by atoms with Crippen molar-refractivity contribution >= 4 is 5.91 Å². The molecule has 3 heteroatoms. The van der Waals surface area contributed by atoms with Crippen LogP contribution in [0, 0.1) is 5.92 Å². The summed E-state index contributed by atoms with van der Waals surface area (Å²) in [5, 5.41) is 0. The van der Waals surface area contributed by atoms with E-state index in [0.717, 1.165) is 19.4 Å². The van der Waals surface area contributed by atoms with Crippen LogP contribution >= 0.6 is 0 Å². The molecule has 0 aromatic heterocycles. The fourth-order valence-electron chi connectivity index (χ4n) is 3.30. The summed E-state index contributed by atoms with van der Waals surface area (Å²) >= 11 is 0. The minimum atomic E-state index is 0.222. The third-order valence-corrected chi connectivity index (χ3v) is 4.59. The van der Waals surface area contributed by atoms with Crippen LogP contribution in [0.5, 0.6) is 0 Å². The lowest BCUT2D eigenvalue weighted by atomic mass is 9.90. The second kappa shape index (κ2) is 5.04. The number of carbonyl (C=O) groups is 1. The summed E-state index contributed by atoms with van der Waals surface area (Å²) in [5.74, 6) is 0.914. The highest BCUT2D eigenvalue weighted by Crippen LogP contribution is 2.36. The molecule has 0 bridgehead atoms. The van der Waals surface area contributed by atoms with Crippen molar-refractivity contribution in [3.8, 4) is 0 Å². The highest BCUT2D eigenvalue weighted by molar-refractivity contribution is 5.88. The highest BCUT2D eigenvalue weighted by Gasteiger charge is 2.36. The number of hydrogen-bond acceptors (Lipinski definition) is 2. The van der Waals surface area contributed by atoms with Crippen LogP contribution in [0.4, 0.5) is 0 Å². The molecule has 1 heterocycles. The molecule has 3 rings (SSSR count). The van der Waals surface area contributed by atoms with Crippen LogP contribution in [0.3, 0.4) is 0 Å². The van der Waals surface area contributed by atoms with E-state index < -0.39 is 0 Å². The van der Waals surface area contributed by atoms with Gasteiger partial charge in [0.25, 0.3) is 0 Å². The van der Waals surface area contributed by atoms with Gasteiger partial charge in [-0.2, -0.15) is 0 Å². The zero-order valence-electron chi connectivity index (χ0n) is 11.2. The molecular weight excluding hydrogens is 226 g/mol. The Balaban J connectivity index is 1.69. The molecule has 1 aliphatic heterocycles. The molecule has 1 amide bonds. The summed E-state index contributed by atoms with van der Waals surface area (Å²) in [6.07, 6.45) is 9.45. The maximum atomic E-state index is 12.4. The lowest BCUT2D eigenvalue weighted by Gasteiger charge is -2.43. The van der Waals surface area contributed by atoms with E-state index in [0.29, 0.717) is 24.7 Å². The molecule has 0 aromatic carbocycles. The molecule has 3 nitrogen and oxygen atoms in total. The van der Waals surface area contributed by atoms with E-state index in [1.54, 1.807) is 0 Å². The SMILES string of the molecule is CC(=CC(=O)N1CCOC2CCCCC21)C1CC1. The number of ether oxygens (including phenoxy) is 1. The van der Waals surface area contributed by atoms with E-state index in [1.807, 2.05) is 6.08 Å². The summed E-state index contributed by atoms with van der Waals surface area (Å²) in [4.78, 5) is 14.5. The summed E-state index contributed by atoms with van der Waals surface area (Å²) < 4.78 is 5.81. The van der Waals surface area contributed by atoms with Crippen molar-refractivity contribution in [2.45, 2.75) is 57.6 Å². The predicted octanol–water partition coefficient (Wildman–Crippen LogP) is 2.51. The van der Waals surface area contributed by atoms with Crippen molar-refractivity contribution < 1.29 is 9.53 Å². The fraction of sp³-hybridized carbons (Fsp3) is 0.800. The molecule has 3 fully saturated rings. The minimum Gasteiger partial charge on any atom is -0.374 e. The maximum Gasteiger partial charge on any atom is 0.246 e. The number of carbonyl (C=O) groups excluding carboxylic acids is 1. The summed E-state index contributed by atoms with van der Waals surface area (Å²) in [6.45, 7) is 3.59. The van der Waals surface area contributed by atoms with Gasteiger partial charge in [0.05, 0.1) is 18.8 Å². The Kier molecular flexibility index (Phi) is 3.42. The van der Waals surface area contributed by atoms with E-state index in [9.17, 15) is 4.79 Å². The predicted molar refractivity (Wildman–Crippen MR) is 70.2 cm³/mol. The largest absolute Gasteiger partial charge is 0.374 e. The van der Waals surface area contributed by atoms with Gasteiger partial charge >= 0.3 is 0 Å². The summed E-state index contributed by atoms with van der Waals surface area (Å²) in [5.41, 5.74) is 1.28. The van der Waals surface area contributed by atoms with E-state index in [-0.39, 0.29) is 5.91 Å². The van der Waals surface area contributed by atoms with Gasteiger partial charge in [-0.25, -0.2) is 0 Å². The topological polar surface area (TPSA) is 29.5 Å². The molecular formula is C15H23NO2. The Labute approximate surface area is 109 Å². The molecule has 0 N–H and O–H groups in total.